The Hall–Kier alpha value is -9.32. The minimum atomic E-state index is -0.534. The molecule has 1 aliphatic heterocycles. The molecule has 0 saturated heterocycles. The molecule has 12 aromatic rings. The first kappa shape index (κ1) is 39.8. The first-order valence-electron chi connectivity index (χ1n) is 23.7. The molecule has 0 radical (unpaired) electrons. The quantitative estimate of drug-likeness (QED) is 0.160. The molecule has 5 nitrogen and oxygen atoms in total. The lowest BCUT2D eigenvalue weighted by molar-refractivity contribution is 0.360. The number of benzene rings is 10. The number of ether oxygens (including phenoxy) is 2. The van der Waals surface area contributed by atoms with E-state index in [0.29, 0.717) is 23.1 Å². The van der Waals surface area contributed by atoms with Gasteiger partial charge in [-0.15, -0.1) is 0 Å². The van der Waals surface area contributed by atoms with Gasteiger partial charge in [0.1, 0.15) is 0 Å². The van der Waals surface area contributed by atoms with E-state index in [-0.39, 0.29) is 0 Å². The van der Waals surface area contributed by atoms with Crippen LogP contribution < -0.4 is 9.47 Å². The Morgan fingerprint density at radius 2 is 0.914 bits per heavy atom. The number of aromatic nitrogens is 3. The molecule has 2 aromatic heterocycles. The van der Waals surface area contributed by atoms with Gasteiger partial charge in [0.15, 0.2) is 28.8 Å². The molecule has 0 fully saturated rings. The van der Waals surface area contributed by atoms with Gasteiger partial charge in [-0.3, -0.25) is 0 Å². The summed E-state index contributed by atoms with van der Waals surface area (Å²) in [6.07, 6.45) is 0. The van der Waals surface area contributed by atoms with Gasteiger partial charge >= 0.3 is 0 Å². The highest BCUT2D eigenvalue weighted by Crippen LogP contribution is 2.62. The predicted molar refractivity (Wildman–Crippen MR) is 282 cm³/mol. The zero-order chi connectivity index (χ0) is 46.2. The number of nitrogens with zero attached hydrogens (tertiary/aromatic N) is 3. The SMILES string of the molecule is c1ccc(-c2cc(-c3cccc(-c4ccc5c(c4)Oc4ccc6c(c4O5)-c4ccccc4C6(c4ccccc4)c4ccccc4)c3)nc(-c3ccc(-n4c5ccccc5c5ccccc54)cc3)n2)cc1. The van der Waals surface area contributed by atoms with Crippen molar-refractivity contribution >= 4 is 21.8 Å². The Morgan fingerprint density at radius 1 is 0.357 bits per heavy atom. The summed E-state index contributed by atoms with van der Waals surface area (Å²) >= 11 is 0. The van der Waals surface area contributed by atoms with Crippen molar-refractivity contribution in [3.8, 4) is 84.8 Å². The molecule has 2 aliphatic rings. The third-order valence-electron chi connectivity index (χ3n) is 14.2. The normalized spacial score (nSPS) is 12.9. The van der Waals surface area contributed by atoms with Gasteiger partial charge in [0, 0.05) is 38.7 Å². The van der Waals surface area contributed by atoms with Crippen LogP contribution in [0.2, 0.25) is 0 Å². The second-order valence-corrected chi connectivity index (χ2v) is 18.0. The van der Waals surface area contributed by atoms with E-state index in [1.54, 1.807) is 0 Å². The van der Waals surface area contributed by atoms with Gasteiger partial charge in [0.25, 0.3) is 0 Å². The van der Waals surface area contributed by atoms with Crippen molar-refractivity contribution in [3.05, 3.63) is 271 Å². The predicted octanol–water partition coefficient (Wildman–Crippen LogP) is 16.5. The highest BCUT2D eigenvalue weighted by Gasteiger charge is 2.48. The summed E-state index contributed by atoms with van der Waals surface area (Å²) in [5, 5.41) is 2.47. The van der Waals surface area contributed by atoms with Crippen LogP contribution in [0.15, 0.2) is 249 Å². The van der Waals surface area contributed by atoms with Gasteiger partial charge in [0.2, 0.25) is 0 Å². The third-order valence-corrected chi connectivity index (χ3v) is 14.2. The molecule has 1 aliphatic carbocycles. The minimum absolute atomic E-state index is 0.534. The van der Waals surface area contributed by atoms with Crippen molar-refractivity contribution in [3.63, 3.8) is 0 Å². The molecule has 5 heteroatoms. The first-order valence-corrected chi connectivity index (χ1v) is 23.7. The van der Waals surface area contributed by atoms with Crippen LogP contribution in [0.3, 0.4) is 0 Å². The van der Waals surface area contributed by atoms with E-state index in [2.05, 4.69) is 229 Å². The molecular weight excluding hydrogens is 855 g/mol. The van der Waals surface area contributed by atoms with Gasteiger partial charge in [-0.05, 0) is 106 Å². The molecule has 0 amide bonds. The third kappa shape index (κ3) is 6.18. The van der Waals surface area contributed by atoms with Crippen molar-refractivity contribution in [2.75, 3.05) is 0 Å². The van der Waals surface area contributed by atoms with Crippen molar-refractivity contribution in [1.29, 1.82) is 0 Å². The maximum absolute atomic E-state index is 6.96. The van der Waals surface area contributed by atoms with Crippen LogP contribution in [0.25, 0.3) is 83.6 Å². The number of fused-ring (bicyclic) bond motifs is 9. The fourth-order valence-electron chi connectivity index (χ4n) is 11.0. The molecule has 0 unspecified atom stereocenters. The molecule has 0 spiro atoms. The lowest BCUT2D eigenvalue weighted by atomic mass is 9.68. The summed E-state index contributed by atoms with van der Waals surface area (Å²) in [6, 6.07) is 87.6. The minimum Gasteiger partial charge on any atom is -0.449 e. The van der Waals surface area contributed by atoms with Crippen molar-refractivity contribution in [2.24, 2.45) is 0 Å². The van der Waals surface area contributed by atoms with Crippen LogP contribution in [-0.2, 0) is 5.41 Å². The molecular formula is C65H41N3O2. The van der Waals surface area contributed by atoms with E-state index in [4.69, 9.17) is 19.4 Å². The number of hydrogen-bond acceptors (Lipinski definition) is 4. The highest BCUT2D eigenvalue weighted by molar-refractivity contribution is 6.09. The molecule has 0 atom stereocenters. The van der Waals surface area contributed by atoms with Crippen molar-refractivity contribution in [1.82, 2.24) is 14.5 Å². The average Bonchev–Trinajstić information content (AvgIpc) is 3.95. The standard InChI is InChI=1S/C65H41N3O2/c1-4-17-42(18-5-1)55-41-56(67-64(66-55)43-31-34-49(35-32-43)68-57-29-14-11-25-50(57)51-26-12-15-30-58(51)68)46-20-16-19-44(39-46)45-33-37-59-61(40-45)69-60-38-36-54-62(63(60)70-59)52-27-10-13-28-53(52)65(54,47-21-6-2-7-22-47)48-23-8-3-9-24-48/h1-41H. The molecule has 3 heterocycles. The van der Waals surface area contributed by atoms with Gasteiger partial charge in [0.05, 0.1) is 27.8 Å². The summed E-state index contributed by atoms with van der Waals surface area (Å²) in [5.41, 5.74) is 16.6. The Balaban J connectivity index is 0.821. The summed E-state index contributed by atoms with van der Waals surface area (Å²) in [7, 11) is 0. The maximum atomic E-state index is 6.96. The van der Waals surface area contributed by atoms with Crippen LogP contribution >= 0.6 is 0 Å². The second-order valence-electron chi connectivity index (χ2n) is 18.0. The Labute approximate surface area is 405 Å². The topological polar surface area (TPSA) is 49.2 Å². The summed E-state index contributed by atoms with van der Waals surface area (Å²) in [5.74, 6) is 3.42. The maximum Gasteiger partial charge on any atom is 0.178 e. The highest BCUT2D eigenvalue weighted by atomic mass is 16.6. The van der Waals surface area contributed by atoms with Crippen molar-refractivity contribution in [2.45, 2.75) is 5.41 Å². The smallest absolute Gasteiger partial charge is 0.178 e. The van der Waals surface area contributed by atoms with E-state index in [9.17, 15) is 0 Å². The number of hydrogen-bond donors (Lipinski definition) is 0. The zero-order valence-corrected chi connectivity index (χ0v) is 37.8. The Kier molecular flexibility index (Phi) is 9.04. The van der Waals surface area contributed by atoms with Crippen molar-refractivity contribution < 1.29 is 9.47 Å². The van der Waals surface area contributed by atoms with Crippen LogP contribution in [0.4, 0.5) is 0 Å². The zero-order valence-electron chi connectivity index (χ0n) is 37.8. The van der Waals surface area contributed by atoms with Crippen LogP contribution in [0.5, 0.6) is 23.0 Å². The molecule has 328 valence electrons. The van der Waals surface area contributed by atoms with Gasteiger partial charge < -0.3 is 14.0 Å². The van der Waals surface area contributed by atoms with E-state index < -0.39 is 5.41 Å². The molecule has 70 heavy (non-hydrogen) atoms. The summed E-state index contributed by atoms with van der Waals surface area (Å²) in [6.45, 7) is 0. The Bertz CT molecular complexity index is 3900. The number of para-hydroxylation sites is 2. The fraction of sp³-hybridized carbons (Fsp3) is 0.0154. The lowest BCUT2D eigenvalue weighted by Gasteiger charge is -2.34. The van der Waals surface area contributed by atoms with Gasteiger partial charge in [-0.2, -0.15) is 0 Å². The molecule has 0 N–H and O–H groups in total. The van der Waals surface area contributed by atoms with E-state index in [1.165, 1.54) is 44.1 Å². The van der Waals surface area contributed by atoms with E-state index in [1.807, 2.05) is 24.3 Å². The van der Waals surface area contributed by atoms with Crippen LogP contribution in [0, 0.1) is 0 Å². The van der Waals surface area contributed by atoms with Crippen LogP contribution in [0.1, 0.15) is 22.3 Å². The first-order chi connectivity index (χ1) is 34.7. The van der Waals surface area contributed by atoms with E-state index in [0.717, 1.165) is 61.8 Å². The Morgan fingerprint density at radius 3 is 1.63 bits per heavy atom. The van der Waals surface area contributed by atoms with Gasteiger partial charge in [-0.25, -0.2) is 9.97 Å². The molecule has 0 bridgehead atoms. The lowest BCUT2D eigenvalue weighted by Crippen LogP contribution is -2.28. The summed E-state index contributed by atoms with van der Waals surface area (Å²) < 4.78 is 16.1. The summed E-state index contributed by atoms with van der Waals surface area (Å²) in [4.78, 5) is 10.4. The molecule has 14 rings (SSSR count). The van der Waals surface area contributed by atoms with E-state index >= 15 is 0 Å². The van der Waals surface area contributed by atoms with Crippen LogP contribution in [-0.4, -0.2) is 14.5 Å². The average molecular weight is 896 g/mol. The molecule has 10 aromatic carbocycles. The second kappa shape index (κ2) is 15.9. The number of rotatable bonds is 7. The van der Waals surface area contributed by atoms with Gasteiger partial charge in [-0.1, -0.05) is 182 Å². The fourth-order valence-corrected chi connectivity index (χ4v) is 11.0. The monoisotopic (exact) mass is 895 g/mol. The molecule has 0 saturated carbocycles. The largest absolute Gasteiger partial charge is 0.449 e.